The Balaban J connectivity index is 1.69. The Morgan fingerprint density at radius 3 is 2.86 bits per heavy atom. The Hall–Kier alpha value is -2.08. The minimum atomic E-state index is -0.833. The number of amides is 1. The van der Waals surface area contributed by atoms with E-state index in [1.807, 2.05) is 24.3 Å². The van der Waals surface area contributed by atoms with Crippen molar-refractivity contribution in [1.82, 2.24) is 4.98 Å². The first-order chi connectivity index (χ1) is 10.6. The predicted molar refractivity (Wildman–Crippen MR) is 85.9 cm³/mol. The number of aromatic amines is 1. The molecule has 22 heavy (non-hydrogen) atoms. The van der Waals surface area contributed by atoms with E-state index in [-0.39, 0.29) is 5.91 Å². The molecular weight excluding hydrogens is 348 g/mol. The Bertz CT molecular complexity index is 726. The number of hydrogen-bond donors (Lipinski definition) is 1. The smallest absolute Gasteiger partial charge is 0.355 e. The molecule has 0 saturated heterocycles. The zero-order chi connectivity index (χ0) is 15.7. The molecule has 0 saturated carbocycles. The molecule has 114 valence electrons. The average molecular weight is 363 g/mol. The van der Waals surface area contributed by atoms with Crippen molar-refractivity contribution in [1.29, 1.82) is 0 Å². The highest BCUT2D eigenvalue weighted by Crippen LogP contribution is 2.28. The van der Waals surface area contributed by atoms with Crippen LogP contribution < -0.4 is 4.90 Å². The van der Waals surface area contributed by atoms with Crippen LogP contribution in [0.25, 0.3) is 0 Å². The van der Waals surface area contributed by atoms with Crippen molar-refractivity contribution in [3.8, 4) is 0 Å². The van der Waals surface area contributed by atoms with Gasteiger partial charge >= 0.3 is 5.97 Å². The number of aromatic nitrogens is 1. The number of nitrogens with one attached hydrogen (secondary N) is 1. The quantitative estimate of drug-likeness (QED) is 0.853. The molecule has 0 radical (unpaired) electrons. The highest BCUT2D eigenvalue weighted by molar-refractivity contribution is 9.10. The number of hydrogen-bond acceptors (Lipinski definition) is 3. The molecule has 0 bridgehead atoms. The predicted octanol–water partition coefficient (Wildman–Crippen LogP) is 2.91. The van der Waals surface area contributed by atoms with Crippen molar-refractivity contribution in [3.05, 3.63) is 52.3 Å². The lowest BCUT2D eigenvalue weighted by Gasteiger charge is -2.21. The van der Waals surface area contributed by atoms with Crippen LogP contribution >= 0.6 is 15.9 Å². The molecule has 2 aromatic rings. The van der Waals surface area contributed by atoms with E-state index in [2.05, 4.69) is 20.9 Å². The molecule has 1 atom stereocenters. The van der Waals surface area contributed by atoms with Crippen LogP contribution in [-0.2, 0) is 16.0 Å². The van der Waals surface area contributed by atoms with Crippen LogP contribution in [0.2, 0.25) is 0 Å². The molecule has 0 fully saturated rings. The molecule has 5 nitrogen and oxygen atoms in total. The van der Waals surface area contributed by atoms with Gasteiger partial charge in [0, 0.05) is 22.9 Å². The van der Waals surface area contributed by atoms with Gasteiger partial charge < -0.3 is 14.6 Å². The first-order valence-electron chi connectivity index (χ1n) is 7.00. The van der Waals surface area contributed by atoms with Crippen LogP contribution in [0, 0.1) is 0 Å². The van der Waals surface area contributed by atoms with Gasteiger partial charge in [0.1, 0.15) is 5.69 Å². The highest BCUT2D eigenvalue weighted by atomic mass is 79.9. The molecule has 1 aromatic heterocycles. The number of ether oxygens (including phenoxy) is 1. The van der Waals surface area contributed by atoms with Crippen molar-refractivity contribution < 1.29 is 14.3 Å². The second kappa shape index (κ2) is 5.96. The van der Waals surface area contributed by atoms with E-state index in [4.69, 9.17) is 4.74 Å². The molecule has 1 aliphatic heterocycles. The summed E-state index contributed by atoms with van der Waals surface area (Å²) in [5, 5.41) is 0. The number of para-hydroxylation sites is 1. The molecule has 1 amide bonds. The minimum Gasteiger partial charge on any atom is -0.448 e. The van der Waals surface area contributed by atoms with Crippen molar-refractivity contribution in [2.24, 2.45) is 0 Å². The number of anilines is 1. The summed E-state index contributed by atoms with van der Waals surface area (Å²) >= 11 is 3.25. The topological polar surface area (TPSA) is 62.4 Å². The van der Waals surface area contributed by atoms with E-state index in [0.29, 0.717) is 12.2 Å². The Morgan fingerprint density at radius 2 is 2.14 bits per heavy atom. The maximum atomic E-state index is 12.5. The van der Waals surface area contributed by atoms with Crippen molar-refractivity contribution in [2.75, 3.05) is 11.4 Å². The normalized spacial score (nSPS) is 14.5. The van der Waals surface area contributed by atoms with E-state index in [0.717, 1.165) is 22.1 Å². The molecule has 6 heteroatoms. The minimum absolute atomic E-state index is 0.205. The SMILES string of the molecule is CC(OC(=O)c1cc(Br)c[nH]1)C(=O)N1CCc2ccccc21. The van der Waals surface area contributed by atoms with Gasteiger partial charge in [0.15, 0.2) is 6.10 Å². The van der Waals surface area contributed by atoms with Crippen LogP contribution in [0.5, 0.6) is 0 Å². The maximum Gasteiger partial charge on any atom is 0.355 e. The van der Waals surface area contributed by atoms with Gasteiger partial charge in [-0.2, -0.15) is 0 Å². The third-order valence-electron chi connectivity index (χ3n) is 3.65. The van der Waals surface area contributed by atoms with Crippen LogP contribution in [-0.4, -0.2) is 29.5 Å². The third-order valence-corrected chi connectivity index (χ3v) is 4.11. The van der Waals surface area contributed by atoms with E-state index < -0.39 is 12.1 Å². The van der Waals surface area contributed by atoms with Crippen molar-refractivity contribution in [3.63, 3.8) is 0 Å². The molecule has 1 N–H and O–H groups in total. The number of H-pyrrole nitrogens is 1. The molecule has 3 rings (SSSR count). The monoisotopic (exact) mass is 362 g/mol. The lowest BCUT2D eigenvalue weighted by atomic mass is 10.2. The number of fused-ring (bicyclic) bond motifs is 1. The Labute approximate surface area is 136 Å². The second-order valence-corrected chi connectivity index (χ2v) is 6.06. The zero-order valence-corrected chi connectivity index (χ0v) is 13.6. The van der Waals surface area contributed by atoms with E-state index in [9.17, 15) is 9.59 Å². The molecule has 0 spiro atoms. The number of carbonyl (C=O) groups excluding carboxylic acids is 2. The van der Waals surface area contributed by atoms with Gasteiger partial charge in [-0.25, -0.2) is 4.79 Å². The van der Waals surface area contributed by atoms with Crippen molar-refractivity contribution in [2.45, 2.75) is 19.4 Å². The van der Waals surface area contributed by atoms with E-state index in [1.54, 1.807) is 24.1 Å². The van der Waals surface area contributed by atoms with E-state index >= 15 is 0 Å². The number of esters is 1. The fourth-order valence-corrected chi connectivity index (χ4v) is 2.89. The number of carbonyl (C=O) groups is 2. The Morgan fingerprint density at radius 1 is 1.36 bits per heavy atom. The van der Waals surface area contributed by atoms with Crippen LogP contribution in [0.3, 0.4) is 0 Å². The summed E-state index contributed by atoms with van der Waals surface area (Å²) in [5.74, 6) is -0.747. The van der Waals surface area contributed by atoms with Gasteiger partial charge in [0.25, 0.3) is 5.91 Å². The van der Waals surface area contributed by atoms with Crippen molar-refractivity contribution >= 4 is 33.5 Å². The molecule has 1 unspecified atom stereocenters. The van der Waals surface area contributed by atoms with Gasteiger partial charge in [0.05, 0.1) is 0 Å². The van der Waals surface area contributed by atoms with Gasteiger partial charge in [-0.05, 0) is 47.0 Å². The average Bonchev–Trinajstić information content (AvgIpc) is 3.12. The molecule has 1 aromatic carbocycles. The fraction of sp³-hybridized carbons (Fsp3) is 0.250. The lowest BCUT2D eigenvalue weighted by molar-refractivity contribution is -0.126. The van der Waals surface area contributed by atoms with Gasteiger partial charge in [-0.1, -0.05) is 18.2 Å². The fourth-order valence-electron chi connectivity index (χ4n) is 2.55. The van der Waals surface area contributed by atoms with Gasteiger partial charge in [-0.15, -0.1) is 0 Å². The summed E-state index contributed by atoms with van der Waals surface area (Å²) in [6, 6.07) is 9.40. The van der Waals surface area contributed by atoms with Gasteiger partial charge in [-0.3, -0.25) is 4.79 Å². The highest BCUT2D eigenvalue weighted by Gasteiger charge is 2.30. The maximum absolute atomic E-state index is 12.5. The third kappa shape index (κ3) is 2.78. The number of rotatable bonds is 3. The van der Waals surface area contributed by atoms with Gasteiger partial charge in [0.2, 0.25) is 0 Å². The summed E-state index contributed by atoms with van der Waals surface area (Å²) in [5.41, 5.74) is 2.36. The summed E-state index contributed by atoms with van der Waals surface area (Å²) in [6.45, 7) is 2.22. The standard InChI is InChI=1S/C16H15BrN2O3/c1-10(22-16(21)13-8-12(17)9-18-13)15(20)19-7-6-11-4-2-3-5-14(11)19/h2-5,8-10,18H,6-7H2,1H3. The largest absolute Gasteiger partial charge is 0.448 e. The first kappa shape index (κ1) is 14.8. The summed E-state index contributed by atoms with van der Waals surface area (Å²) < 4.78 is 6.01. The molecule has 1 aliphatic rings. The van der Waals surface area contributed by atoms with Crippen LogP contribution in [0.1, 0.15) is 23.0 Å². The number of benzene rings is 1. The molecule has 0 aliphatic carbocycles. The number of nitrogens with zero attached hydrogens (tertiary/aromatic N) is 1. The first-order valence-corrected chi connectivity index (χ1v) is 7.80. The van der Waals surface area contributed by atoms with Crippen LogP contribution in [0.4, 0.5) is 5.69 Å². The molecular formula is C16H15BrN2O3. The summed E-state index contributed by atoms with van der Waals surface area (Å²) in [4.78, 5) is 29.0. The second-order valence-electron chi connectivity index (χ2n) is 5.15. The summed E-state index contributed by atoms with van der Waals surface area (Å²) in [7, 11) is 0. The van der Waals surface area contributed by atoms with E-state index in [1.165, 1.54) is 0 Å². The Kier molecular flexibility index (Phi) is 4.02. The molecule has 2 heterocycles. The number of halogens is 1. The van der Waals surface area contributed by atoms with Crippen LogP contribution in [0.15, 0.2) is 41.0 Å². The summed E-state index contributed by atoms with van der Waals surface area (Å²) in [6.07, 6.45) is 1.63. The zero-order valence-electron chi connectivity index (χ0n) is 12.0. The lowest BCUT2D eigenvalue weighted by Crippen LogP contribution is -2.39.